The molecule has 1 heterocycles. The van der Waals surface area contributed by atoms with Gasteiger partial charge in [-0.15, -0.1) is 10.2 Å². The lowest BCUT2D eigenvalue weighted by Crippen LogP contribution is -2.15. The van der Waals surface area contributed by atoms with E-state index in [2.05, 4.69) is 10.2 Å². The zero-order chi connectivity index (χ0) is 12.0. The van der Waals surface area contributed by atoms with Crippen LogP contribution >= 0.6 is 11.8 Å². The molecule has 1 aromatic rings. The topological polar surface area (TPSA) is 94.0 Å². The number of hydrogen-bond acceptors (Lipinski definition) is 5. The SMILES string of the molecule is Nn1c(SCC(=O)O)nnc1C1C2CCCC21. The van der Waals surface area contributed by atoms with Crippen LogP contribution < -0.4 is 5.84 Å². The molecule has 2 atom stereocenters. The number of aliphatic carboxylic acids is 1. The lowest BCUT2D eigenvalue weighted by molar-refractivity contribution is -0.133. The number of nitrogens with two attached hydrogens (primary N) is 1. The van der Waals surface area contributed by atoms with Crippen molar-refractivity contribution < 1.29 is 9.90 Å². The second-order valence-electron chi connectivity index (χ2n) is 4.68. The Morgan fingerprint density at radius 3 is 2.82 bits per heavy atom. The second-order valence-corrected chi connectivity index (χ2v) is 5.62. The van der Waals surface area contributed by atoms with Crippen molar-refractivity contribution in [1.29, 1.82) is 0 Å². The average molecular weight is 254 g/mol. The van der Waals surface area contributed by atoms with E-state index in [-0.39, 0.29) is 5.75 Å². The fourth-order valence-corrected chi connectivity index (χ4v) is 3.53. The van der Waals surface area contributed by atoms with Crippen LogP contribution in [0.4, 0.5) is 0 Å². The number of carboxylic acid groups (broad SMARTS) is 1. The smallest absolute Gasteiger partial charge is 0.313 e. The lowest BCUT2D eigenvalue weighted by atomic mass is 10.1. The Bertz CT molecular complexity index is 451. The molecular formula is C10H14N4O2S. The van der Waals surface area contributed by atoms with Crippen molar-refractivity contribution in [3.05, 3.63) is 5.82 Å². The summed E-state index contributed by atoms with van der Waals surface area (Å²) in [4.78, 5) is 10.5. The highest BCUT2D eigenvalue weighted by atomic mass is 32.2. The lowest BCUT2D eigenvalue weighted by Gasteiger charge is -2.03. The normalized spacial score (nSPS) is 30.2. The van der Waals surface area contributed by atoms with E-state index in [1.807, 2.05) is 0 Å². The molecule has 17 heavy (non-hydrogen) atoms. The predicted molar refractivity (Wildman–Crippen MR) is 62.1 cm³/mol. The maximum absolute atomic E-state index is 10.5. The average Bonchev–Trinajstić information content (AvgIpc) is 2.66. The van der Waals surface area contributed by atoms with Gasteiger partial charge < -0.3 is 10.9 Å². The number of fused-ring (bicyclic) bond motifs is 1. The molecule has 0 amide bonds. The van der Waals surface area contributed by atoms with Gasteiger partial charge in [0, 0.05) is 5.92 Å². The maximum Gasteiger partial charge on any atom is 0.313 e. The zero-order valence-corrected chi connectivity index (χ0v) is 10.1. The van der Waals surface area contributed by atoms with Gasteiger partial charge in [-0.05, 0) is 24.7 Å². The molecule has 0 aromatic carbocycles. The van der Waals surface area contributed by atoms with Crippen molar-refractivity contribution in [3.63, 3.8) is 0 Å². The molecule has 2 unspecified atom stereocenters. The molecule has 0 bridgehead atoms. The number of carboxylic acids is 1. The first kappa shape index (κ1) is 10.9. The first-order chi connectivity index (χ1) is 8.18. The van der Waals surface area contributed by atoms with Gasteiger partial charge in [-0.1, -0.05) is 18.2 Å². The van der Waals surface area contributed by atoms with Crippen molar-refractivity contribution in [1.82, 2.24) is 14.9 Å². The zero-order valence-electron chi connectivity index (χ0n) is 9.24. The fraction of sp³-hybridized carbons (Fsp3) is 0.700. The van der Waals surface area contributed by atoms with E-state index in [0.29, 0.717) is 11.1 Å². The number of carbonyl (C=O) groups is 1. The molecule has 0 radical (unpaired) electrons. The highest BCUT2D eigenvalue weighted by molar-refractivity contribution is 7.99. The minimum absolute atomic E-state index is 0.0349. The molecule has 3 N–H and O–H groups in total. The third kappa shape index (κ3) is 1.78. The molecule has 3 rings (SSSR count). The minimum Gasteiger partial charge on any atom is -0.481 e. The first-order valence-electron chi connectivity index (χ1n) is 5.73. The summed E-state index contributed by atoms with van der Waals surface area (Å²) in [7, 11) is 0. The molecule has 0 aliphatic heterocycles. The Hall–Kier alpha value is -1.24. The highest BCUT2D eigenvalue weighted by Gasteiger charge is 2.55. The molecule has 6 nitrogen and oxygen atoms in total. The number of nitrogen functional groups attached to an aromatic ring is 1. The summed E-state index contributed by atoms with van der Waals surface area (Å²) in [5, 5.41) is 17.2. The Kier molecular flexibility index (Phi) is 2.50. The van der Waals surface area contributed by atoms with E-state index >= 15 is 0 Å². The molecule has 2 saturated carbocycles. The molecule has 2 aliphatic rings. The number of rotatable bonds is 4. The summed E-state index contributed by atoms with van der Waals surface area (Å²) in [5.41, 5.74) is 0. The summed E-state index contributed by atoms with van der Waals surface area (Å²) < 4.78 is 1.47. The molecule has 0 saturated heterocycles. The first-order valence-corrected chi connectivity index (χ1v) is 6.72. The monoisotopic (exact) mass is 254 g/mol. The van der Waals surface area contributed by atoms with Gasteiger partial charge in [-0.3, -0.25) is 4.79 Å². The van der Waals surface area contributed by atoms with Crippen LogP contribution in [0.1, 0.15) is 31.0 Å². The van der Waals surface area contributed by atoms with Crippen LogP contribution in [0, 0.1) is 11.8 Å². The van der Waals surface area contributed by atoms with Gasteiger partial charge in [0.2, 0.25) is 5.16 Å². The largest absolute Gasteiger partial charge is 0.481 e. The van der Waals surface area contributed by atoms with Gasteiger partial charge in [0.15, 0.2) is 5.82 Å². The van der Waals surface area contributed by atoms with Crippen molar-refractivity contribution in [2.45, 2.75) is 30.3 Å². The van der Waals surface area contributed by atoms with Gasteiger partial charge in [0.25, 0.3) is 0 Å². The Morgan fingerprint density at radius 1 is 1.47 bits per heavy atom. The predicted octanol–water partition coefficient (Wildman–Crippen LogP) is 0.682. The van der Waals surface area contributed by atoms with E-state index in [0.717, 1.165) is 29.4 Å². The van der Waals surface area contributed by atoms with Crippen LogP contribution in [-0.4, -0.2) is 31.7 Å². The van der Waals surface area contributed by atoms with Crippen molar-refractivity contribution in [2.75, 3.05) is 11.6 Å². The molecule has 2 aliphatic carbocycles. The van der Waals surface area contributed by atoms with Crippen molar-refractivity contribution >= 4 is 17.7 Å². The van der Waals surface area contributed by atoms with Crippen LogP contribution in [0.15, 0.2) is 5.16 Å². The molecule has 0 spiro atoms. The van der Waals surface area contributed by atoms with Crippen LogP contribution in [-0.2, 0) is 4.79 Å². The third-order valence-electron chi connectivity index (χ3n) is 3.72. The van der Waals surface area contributed by atoms with Gasteiger partial charge in [0.05, 0.1) is 5.75 Å². The standard InChI is InChI=1S/C10H14N4O2S/c11-14-9(8-5-2-1-3-6(5)8)12-13-10(14)17-4-7(15)16/h5-6,8H,1-4,11H2,(H,15,16). The molecule has 2 fully saturated rings. The molecular weight excluding hydrogens is 240 g/mol. The summed E-state index contributed by atoms with van der Waals surface area (Å²) in [5.74, 6) is 7.76. The van der Waals surface area contributed by atoms with Gasteiger partial charge in [-0.25, -0.2) is 4.68 Å². The van der Waals surface area contributed by atoms with Crippen LogP contribution in [0.3, 0.4) is 0 Å². The summed E-state index contributed by atoms with van der Waals surface area (Å²) in [6.45, 7) is 0. The van der Waals surface area contributed by atoms with Gasteiger partial charge >= 0.3 is 5.97 Å². The summed E-state index contributed by atoms with van der Waals surface area (Å²) in [6.07, 6.45) is 3.84. The molecule has 92 valence electrons. The second kappa shape index (κ2) is 3.90. The van der Waals surface area contributed by atoms with E-state index in [4.69, 9.17) is 10.9 Å². The van der Waals surface area contributed by atoms with E-state index in [9.17, 15) is 4.79 Å². The molecule has 7 heteroatoms. The Labute approximate surface area is 103 Å². The van der Waals surface area contributed by atoms with Gasteiger partial charge in [-0.2, -0.15) is 0 Å². The summed E-state index contributed by atoms with van der Waals surface area (Å²) in [6, 6.07) is 0. The number of thioether (sulfide) groups is 1. The quantitative estimate of drug-likeness (QED) is 0.606. The van der Waals surface area contributed by atoms with E-state index < -0.39 is 5.97 Å². The van der Waals surface area contributed by atoms with E-state index in [1.54, 1.807) is 0 Å². The molecule has 1 aromatic heterocycles. The minimum atomic E-state index is -0.872. The van der Waals surface area contributed by atoms with Crippen molar-refractivity contribution in [2.24, 2.45) is 11.8 Å². The Balaban J connectivity index is 1.72. The fourth-order valence-electron chi connectivity index (χ4n) is 2.94. The number of nitrogens with zero attached hydrogens (tertiary/aromatic N) is 3. The third-order valence-corrected chi connectivity index (χ3v) is 4.65. The number of hydrogen-bond donors (Lipinski definition) is 2. The Morgan fingerprint density at radius 2 is 2.18 bits per heavy atom. The van der Waals surface area contributed by atoms with Gasteiger partial charge in [0.1, 0.15) is 0 Å². The summed E-state index contributed by atoms with van der Waals surface area (Å²) >= 11 is 1.11. The van der Waals surface area contributed by atoms with Crippen LogP contribution in [0.25, 0.3) is 0 Å². The highest BCUT2D eigenvalue weighted by Crippen LogP contribution is 2.62. The van der Waals surface area contributed by atoms with Crippen LogP contribution in [0.2, 0.25) is 0 Å². The van der Waals surface area contributed by atoms with Crippen molar-refractivity contribution in [3.8, 4) is 0 Å². The van der Waals surface area contributed by atoms with Crippen LogP contribution in [0.5, 0.6) is 0 Å². The number of aromatic nitrogens is 3. The maximum atomic E-state index is 10.5. The van der Waals surface area contributed by atoms with E-state index in [1.165, 1.54) is 23.9 Å².